The molecule has 1 aromatic heterocycles. The van der Waals surface area contributed by atoms with Gasteiger partial charge in [-0.25, -0.2) is 4.79 Å². The molecular formula is C12H18N4O4. The van der Waals surface area contributed by atoms with E-state index >= 15 is 0 Å². The van der Waals surface area contributed by atoms with Crippen molar-refractivity contribution >= 4 is 12.0 Å². The molecule has 1 unspecified atom stereocenters. The van der Waals surface area contributed by atoms with Gasteiger partial charge < -0.3 is 19.8 Å². The number of aliphatic carboxylic acids is 1. The van der Waals surface area contributed by atoms with Crippen LogP contribution in [0.4, 0.5) is 4.79 Å². The lowest BCUT2D eigenvalue weighted by atomic mass is 9.87. The Kier molecular flexibility index (Phi) is 4.21. The number of carbonyl (C=O) groups is 2. The third-order valence-electron chi connectivity index (χ3n) is 3.48. The lowest BCUT2D eigenvalue weighted by Crippen LogP contribution is -2.56. The van der Waals surface area contributed by atoms with Gasteiger partial charge in [0.2, 0.25) is 5.89 Å². The topological polar surface area (TPSA) is 109 Å². The van der Waals surface area contributed by atoms with Gasteiger partial charge in [0, 0.05) is 32.0 Å². The van der Waals surface area contributed by atoms with Crippen molar-refractivity contribution < 1.29 is 19.2 Å². The summed E-state index contributed by atoms with van der Waals surface area (Å²) in [6, 6.07) is -0.185. The lowest BCUT2D eigenvalue weighted by molar-refractivity contribution is -0.144. The fraction of sp³-hybridized carbons (Fsp3) is 0.667. The van der Waals surface area contributed by atoms with E-state index in [9.17, 15) is 9.59 Å². The molecule has 0 aliphatic carbocycles. The first-order chi connectivity index (χ1) is 9.47. The van der Waals surface area contributed by atoms with Crippen LogP contribution in [0.5, 0.6) is 0 Å². The molecule has 8 heteroatoms. The summed E-state index contributed by atoms with van der Waals surface area (Å²) in [5.74, 6) is -0.137. The normalized spacial score (nSPS) is 16.6. The Hall–Kier alpha value is -2.12. The summed E-state index contributed by atoms with van der Waals surface area (Å²) < 4.78 is 4.93. The van der Waals surface area contributed by atoms with Gasteiger partial charge in [0.05, 0.1) is 5.92 Å². The van der Waals surface area contributed by atoms with Gasteiger partial charge in [-0.1, -0.05) is 12.1 Å². The van der Waals surface area contributed by atoms with Crippen molar-refractivity contribution in [3.05, 3.63) is 11.7 Å². The molecule has 8 nitrogen and oxygen atoms in total. The van der Waals surface area contributed by atoms with E-state index in [4.69, 9.17) is 9.63 Å². The van der Waals surface area contributed by atoms with Crippen LogP contribution < -0.4 is 5.32 Å². The van der Waals surface area contributed by atoms with Crippen molar-refractivity contribution in [2.24, 2.45) is 11.8 Å². The standard InChI is InChI=1S/C12H18N4O4/c1-7(11(17)18)9-5-16(6-9)12(19)13-4-3-10-14-8(2)15-20-10/h7,9H,3-6H2,1-2H3,(H,13,19)(H,17,18). The second kappa shape index (κ2) is 5.89. The number of urea groups is 1. The third kappa shape index (κ3) is 3.25. The van der Waals surface area contributed by atoms with Crippen LogP contribution >= 0.6 is 0 Å². The number of carboxylic acid groups (broad SMARTS) is 1. The number of aromatic nitrogens is 2. The predicted octanol–water partition coefficient (Wildman–Crippen LogP) is 0.283. The van der Waals surface area contributed by atoms with Crippen molar-refractivity contribution in [3.8, 4) is 0 Å². The molecule has 2 amide bonds. The van der Waals surface area contributed by atoms with Crippen LogP contribution in [0.1, 0.15) is 18.6 Å². The van der Waals surface area contributed by atoms with Gasteiger partial charge in [0.25, 0.3) is 0 Å². The molecule has 2 rings (SSSR count). The zero-order valence-corrected chi connectivity index (χ0v) is 11.5. The van der Waals surface area contributed by atoms with E-state index in [-0.39, 0.29) is 11.9 Å². The Bertz CT molecular complexity index is 495. The van der Waals surface area contributed by atoms with Gasteiger partial charge in [-0.05, 0) is 6.92 Å². The Morgan fingerprint density at radius 3 is 2.80 bits per heavy atom. The summed E-state index contributed by atoms with van der Waals surface area (Å²) in [4.78, 5) is 28.2. The molecule has 0 spiro atoms. The lowest BCUT2D eigenvalue weighted by Gasteiger charge is -2.41. The van der Waals surface area contributed by atoms with E-state index in [1.54, 1.807) is 18.7 Å². The number of nitrogens with one attached hydrogen (secondary N) is 1. The summed E-state index contributed by atoms with van der Waals surface area (Å²) in [6.45, 7) is 4.78. The van der Waals surface area contributed by atoms with E-state index in [0.29, 0.717) is 37.8 Å². The maximum Gasteiger partial charge on any atom is 0.317 e. The fourth-order valence-corrected chi connectivity index (χ4v) is 2.03. The summed E-state index contributed by atoms with van der Waals surface area (Å²) in [7, 11) is 0. The number of carbonyl (C=O) groups excluding carboxylic acids is 1. The highest BCUT2D eigenvalue weighted by Gasteiger charge is 2.36. The number of amides is 2. The number of nitrogens with zero attached hydrogens (tertiary/aromatic N) is 3. The molecular weight excluding hydrogens is 264 g/mol. The second-order valence-corrected chi connectivity index (χ2v) is 5.01. The zero-order chi connectivity index (χ0) is 14.7. The second-order valence-electron chi connectivity index (χ2n) is 5.01. The quantitative estimate of drug-likeness (QED) is 0.803. The molecule has 1 fully saturated rings. The molecule has 0 saturated carbocycles. The molecule has 0 aromatic carbocycles. The van der Waals surface area contributed by atoms with Crippen molar-refractivity contribution in [2.75, 3.05) is 19.6 Å². The van der Waals surface area contributed by atoms with E-state index in [0.717, 1.165) is 0 Å². The van der Waals surface area contributed by atoms with Crippen LogP contribution in [-0.2, 0) is 11.2 Å². The first-order valence-corrected chi connectivity index (χ1v) is 6.52. The number of likely N-dealkylation sites (tertiary alicyclic amines) is 1. The number of aryl methyl sites for hydroxylation is 1. The average molecular weight is 282 g/mol. The summed E-state index contributed by atoms with van der Waals surface area (Å²) in [5.41, 5.74) is 0. The van der Waals surface area contributed by atoms with Gasteiger partial charge in [-0.2, -0.15) is 4.98 Å². The van der Waals surface area contributed by atoms with Crippen molar-refractivity contribution in [3.63, 3.8) is 0 Å². The molecule has 2 heterocycles. The Balaban J connectivity index is 1.66. The van der Waals surface area contributed by atoms with Gasteiger partial charge in [-0.3, -0.25) is 4.79 Å². The van der Waals surface area contributed by atoms with Crippen LogP contribution in [-0.4, -0.2) is 51.8 Å². The third-order valence-corrected chi connectivity index (χ3v) is 3.48. The van der Waals surface area contributed by atoms with Crippen molar-refractivity contribution in [2.45, 2.75) is 20.3 Å². The average Bonchev–Trinajstić information content (AvgIpc) is 2.73. The molecule has 1 aromatic rings. The maximum atomic E-state index is 11.8. The van der Waals surface area contributed by atoms with Crippen LogP contribution in [0.15, 0.2) is 4.52 Å². The van der Waals surface area contributed by atoms with E-state index < -0.39 is 11.9 Å². The SMILES string of the molecule is Cc1noc(CCNC(=O)N2CC(C(C)C(=O)O)C2)n1. The molecule has 0 bridgehead atoms. The molecule has 1 atom stereocenters. The van der Waals surface area contributed by atoms with Gasteiger partial charge in [-0.15, -0.1) is 0 Å². The number of hydrogen-bond acceptors (Lipinski definition) is 5. The fourth-order valence-electron chi connectivity index (χ4n) is 2.03. The number of carboxylic acids is 1. The maximum absolute atomic E-state index is 11.8. The van der Waals surface area contributed by atoms with Crippen LogP contribution in [0.25, 0.3) is 0 Å². The molecule has 110 valence electrons. The van der Waals surface area contributed by atoms with Crippen LogP contribution in [0.3, 0.4) is 0 Å². The predicted molar refractivity (Wildman–Crippen MR) is 68.0 cm³/mol. The van der Waals surface area contributed by atoms with Gasteiger partial charge in [0.15, 0.2) is 5.82 Å². The first kappa shape index (κ1) is 14.3. The van der Waals surface area contributed by atoms with Gasteiger partial charge >= 0.3 is 12.0 Å². The highest BCUT2D eigenvalue weighted by atomic mass is 16.5. The highest BCUT2D eigenvalue weighted by molar-refractivity contribution is 5.76. The van der Waals surface area contributed by atoms with Crippen molar-refractivity contribution in [1.29, 1.82) is 0 Å². The Morgan fingerprint density at radius 2 is 2.25 bits per heavy atom. The summed E-state index contributed by atoms with van der Waals surface area (Å²) in [6.07, 6.45) is 0.482. The minimum atomic E-state index is -0.818. The summed E-state index contributed by atoms with van der Waals surface area (Å²) >= 11 is 0. The Morgan fingerprint density at radius 1 is 1.55 bits per heavy atom. The zero-order valence-electron chi connectivity index (χ0n) is 11.5. The molecule has 20 heavy (non-hydrogen) atoms. The van der Waals surface area contributed by atoms with E-state index in [1.165, 1.54) is 0 Å². The highest BCUT2D eigenvalue weighted by Crippen LogP contribution is 2.23. The van der Waals surface area contributed by atoms with Crippen LogP contribution in [0, 0.1) is 18.8 Å². The van der Waals surface area contributed by atoms with Crippen LogP contribution in [0.2, 0.25) is 0 Å². The van der Waals surface area contributed by atoms with E-state index in [2.05, 4.69) is 15.5 Å². The monoisotopic (exact) mass is 282 g/mol. The largest absolute Gasteiger partial charge is 0.481 e. The van der Waals surface area contributed by atoms with E-state index in [1.807, 2.05) is 0 Å². The molecule has 2 N–H and O–H groups in total. The minimum absolute atomic E-state index is 0.0387. The number of hydrogen-bond donors (Lipinski definition) is 2. The molecule has 1 aliphatic heterocycles. The first-order valence-electron chi connectivity index (χ1n) is 6.52. The minimum Gasteiger partial charge on any atom is -0.481 e. The van der Waals surface area contributed by atoms with Crippen molar-refractivity contribution in [1.82, 2.24) is 20.4 Å². The summed E-state index contributed by atoms with van der Waals surface area (Å²) in [5, 5.41) is 15.3. The molecule has 0 radical (unpaired) electrons. The molecule has 1 saturated heterocycles. The number of rotatable bonds is 5. The molecule has 1 aliphatic rings. The van der Waals surface area contributed by atoms with Gasteiger partial charge in [0.1, 0.15) is 0 Å². The smallest absolute Gasteiger partial charge is 0.317 e. The Labute approximate surface area is 116 Å².